The fourth-order valence-corrected chi connectivity index (χ4v) is 1.28. The van der Waals surface area contributed by atoms with Gasteiger partial charge in [-0.05, 0) is 18.6 Å². The molecule has 8 nitrogen and oxygen atoms in total. The van der Waals surface area contributed by atoms with Crippen LogP contribution >= 0.6 is 0 Å². The number of hydrogen-bond acceptors (Lipinski definition) is 7. The summed E-state index contributed by atoms with van der Waals surface area (Å²) in [6.45, 7) is 3.24. The summed E-state index contributed by atoms with van der Waals surface area (Å²) in [7, 11) is 0. The number of aryl methyl sites for hydroxylation is 1. The van der Waals surface area contributed by atoms with Gasteiger partial charge in [-0.25, -0.2) is 0 Å². The number of aromatic nitrogens is 4. The van der Waals surface area contributed by atoms with Crippen LogP contribution in [0, 0.1) is 6.92 Å². The molecule has 0 saturated heterocycles. The highest BCUT2D eigenvalue weighted by Gasteiger charge is 2.08. The molecular weight excluding hydrogens is 248 g/mol. The monoisotopic (exact) mass is 260 g/mol. The van der Waals surface area contributed by atoms with E-state index in [9.17, 15) is 9.90 Å². The van der Waals surface area contributed by atoms with E-state index in [1.165, 1.54) is 6.92 Å². The minimum atomic E-state index is -0.458. The summed E-state index contributed by atoms with van der Waals surface area (Å²) in [4.78, 5) is 26.4. The molecule has 8 heteroatoms. The van der Waals surface area contributed by atoms with Crippen LogP contribution in [-0.4, -0.2) is 30.9 Å². The van der Waals surface area contributed by atoms with Crippen LogP contribution in [0.1, 0.15) is 12.5 Å². The Labute approximate surface area is 108 Å². The number of pyridine rings is 1. The fraction of sp³-hybridized carbons (Fsp3) is 0.182. The molecule has 98 valence electrons. The van der Waals surface area contributed by atoms with Crippen LogP contribution in [0.4, 0.5) is 5.95 Å². The number of aromatic hydroxyl groups is 1. The summed E-state index contributed by atoms with van der Waals surface area (Å²) >= 11 is 0. The first kappa shape index (κ1) is 12.7. The predicted molar refractivity (Wildman–Crippen MR) is 66.9 cm³/mol. The van der Waals surface area contributed by atoms with Crippen molar-refractivity contribution < 1.29 is 9.90 Å². The zero-order valence-corrected chi connectivity index (χ0v) is 10.4. The smallest absolute Gasteiger partial charge is 0.319 e. The molecule has 2 aromatic rings. The van der Waals surface area contributed by atoms with Gasteiger partial charge in [-0.1, -0.05) is 6.07 Å². The van der Waals surface area contributed by atoms with Gasteiger partial charge in [0.25, 0.3) is 0 Å². The van der Waals surface area contributed by atoms with Crippen molar-refractivity contribution in [2.24, 2.45) is 0 Å². The first-order valence-electron chi connectivity index (χ1n) is 5.45. The lowest BCUT2D eigenvalue weighted by Gasteiger charge is -2.06. The quantitative estimate of drug-likeness (QED) is 0.685. The van der Waals surface area contributed by atoms with Gasteiger partial charge in [0.15, 0.2) is 5.82 Å². The number of anilines is 1. The summed E-state index contributed by atoms with van der Waals surface area (Å²) in [5.41, 5.74) is 6.25. The second-order valence-electron chi connectivity index (χ2n) is 3.81. The second kappa shape index (κ2) is 5.25. The number of amides is 1. The van der Waals surface area contributed by atoms with Crippen molar-refractivity contribution in [3.05, 3.63) is 23.9 Å². The van der Waals surface area contributed by atoms with Crippen LogP contribution in [0.3, 0.4) is 0 Å². The predicted octanol–water partition coefficient (Wildman–Crippen LogP) is 0.411. The summed E-state index contributed by atoms with van der Waals surface area (Å²) in [6.07, 6.45) is 1.66. The lowest BCUT2D eigenvalue weighted by Crippen LogP contribution is -2.27. The van der Waals surface area contributed by atoms with E-state index in [1.807, 2.05) is 13.0 Å². The molecule has 0 aromatic carbocycles. The molecular formula is C11H12N6O2. The molecule has 0 unspecified atom stereocenters. The van der Waals surface area contributed by atoms with Gasteiger partial charge in [-0.2, -0.15) is 15.0 Å². The van der Waals surface area contributed by atoms with E-state index in [4.69, 9.17) is 0 Å². The van der Waals surface area contributed by atoms with E-state index in [0.29, 0.717) is 5.69 Å². The lowest BCUT2D eigenvalue weighted by molar-refractivity contribution is -0.118. The Morgan fingerprint density at radius 2 is 2.05 bits per heavy atom. The van der Waals surface area contributed by atoms with Crippen LogP contribution in [0.25, 0.3) is 11.5 Å². The van der Waals surface area contributed by atoms with E-state index < -0.39 is 6.01 Å². The maximum Gasteiger partial charge on any atom is 0.319 e. The minimum absolute atomic E-state index is 0.0278. The van der Waals surface area contributed by atoms with Crippen molar-refractivity contribution in [2.75, 3.05) is 5.43 Å². The van der Waals surface area contributed by atoms with Gasteiger partial charge in [0.1, 0.15) is 5.69 Å². The molecule has 0 atom stereocenters. The van der Waals surface area contributed by atoms with Gasteiger partial charge in [0, 0.05) is 13.1 Å². The highest BCUT2D eigenvalue weighted by Crippen LogP contribution is 2.15. The van der Waals surface area contributed by atoms with Crippen molar-refractivity contribution in [1.82, 2.24) is 25.4 Å². The van der Waals surface area contributed by atoms with Gasteiger partial charge in [0.05, 0.1) is 0 Å². The number of hydrazine groups is 1. The summed E-state index contributed by atoms with van der Waals surface area (Å²) < 4.78 is 0. The number of carbonyl (C=O) groups is 1. The van der Waals surface area contributed by atoms with Crippen molar-refractivity contribution >= 4 is 11.9 Å². The van der Waals surface area contributed by atoms with E-state index in [2.05, 4.69) is 30.8 Å². The zero-order chi connectivity index (χ0) is 13.8. The van der Waals surface area contributed by atoms with Crippen LogP contribution < -0.4 is 10.9 Å². The molecule has 0 bridgehead atoms. The number of hydrogen-bond donors (Lipinski definition) is 3. The first-order valence-corrected chi connectivity index (χ1v) is 5.45. The van der Waals surface area contributed by atoms with Crippen LogP contribution in [-0.2, 0) is 4.79 Å². The van der Waals surface area contributed by atoms with Gasteiger partial charge in [0.2, 0.25) is 11.9 Å². The Morgan fingerprint density at radius 1 is 1.26 bits per heavy atom. The summed E-state index contributed by atoms with van der Waals surface area (Å²) in [5, 5.41) is 9.43. The van der Waals surface area contributed by atoms with Crippen molar-refractivity contribution in [3.63, 3.8) is 0 Å². The van der Waals surface area contributed by atoms with Crippen molar-refractivity contribution in [1.29, 1.82) is 0 Å². The average molecular weight is 260 g/mol. The molecule has 2 aromatic heterocycles. The van der Waals surface area contributed by atoms with Gasteiger partial charge in [-0.15, -0.1) is 0 Å². The third-order valence-electron chi connectivity index (χ3n) is 2.11. The van der Waals surface area contributed by atoms with Crippen molar-refractivity contribution in [3.8, 4) is 17.5 Å². The Kier molecular flexibility index (Phi) is 3.51. The number of nitrogens with one attached hydrogen (secondary N) is 2. The first-order chi connectivity index (χ1) is 9.04. The molecule has 0 aliphatic heterocycles. The Balaban J connectivity index is 2.30. The lowest BCUT2D eigenvalue weighted by atomic mass is 10.3. The summed E-state index contributed by atoms with van der Waals surface area (Å²) in [6, 6.07) is 3.12. The zero-order valence-electron chi connectivity index (χ0n) is 10.4. The van der Waals surface area contributed by atoms with Crippen LogP contribution in [0.2, 0.25) is 0 Å². The number of rotatable bonds is 3. The Morgan fingerprint density at radius 3 is 2.68 bits per heavy atom. The molecule has 2 heterocycles. The van der Waals surface area contributed by atoms with Crippen LogP contribution in [0.5, 0.6) is 6.01 Å². The minimum Gasteiger partial charge on any atom is -0.479 e. The molecule has 2 rings (SSSR count). The van der Waals surface area contributed by atoms with Gasteiger partial charge >= 0.3 is 6.01 Å². The Hall–Kier alpha value is -2.77. The van der Waals surface area contributed by atoms with Crippen molar-refractivity contribution in [2.45, 2.75) is 13.8 Å². The fourth-order valence-electron chi connectivity index (χ4n) is 1.28. The second-order valence-corrected chi connectivity index (χ2v) is 3.81. The molecule has 19 heavy (non-hydrogen) atoms. The molecule has 3 N–H and O–H groups in total. The Bertz CT molecular complexity index is 599. The maximum atomic E-state index is 10.8. The van der Waals surface area contributed by atoms with Gasteiger partial charge < -0.3 is 5.11 Å². The van der Waals surface area contributed by atoms with E-state index in [1.54, 1.807) is 12.3 Å². The molecule has 1 amide bonds. The third-order valence-corrected chi connectivity index (χ3v) is 2.11. The van der Waals surface area contributed by atoms with E-state index in [-0.39, 0.29) is 17.7 Å². The highest BCUT2D eigenvalue weighted by molar-refractivity contribution is 5.74. The topological polar surface area (TPSA) is 113 Å². The molecule has 0 saturated carbocycles. The van der Waals surface area contributed by atoms with Crippen LogP contribution in [0.15, 0.2) is 18.3 Å². The molecule has 0 aliphatic carbocycles. The maximum absolute atomic E-state index is 10.8. The third kappa shape index (κ3) is 3.35. The number of carbonyl (C=O) groups excluding carboxylic acids is 1. The SMILES string of the molecule is CC(=O)NNc1nc(O)nc(-c2ccc(C)cn2)n1. The van der Waals surface area contributed by atoms with Gasteiger partial charge in [-0.3, -0.25) is 20.6 Å². The molecule has 0 spiro atoms. The average Bonchev–Trinajstić information content (AvgIpc) is 2.36. The molecule has 0 fully saturated rings. The summed E-state index contributed by atoms with van der Waals surface area (Å²) in [5.74, 6) is -0.0738. The number of nitrogens with zero attached hydrogens (tertiary/aromatic N) is 4. The molecule has 0 radical (unpaired) electrons. The molecule has 0 aliphatic rings. The van der Waals surface area contributed by atoms with E-state index >= 15 is 0 Å². The van der Waals surface area contributed by atoms with E-state index in [0.717, 1.165) is 5.56 Å². The highest BCUT2D eigenvalue weighted by atomic mass is 16.3. The normalized spacial score (nSPS) is 10.0. The standard InChI is InChI=1S/C11H12N6O2/c1-6-3-4-8(12-5-6)9-13-10(15-11(19)14-9)17-16-7(2)18/h3-5H,1-2H3,(H,16,18)(H2,13,14,15,17,19). The largest absolute Gasteiger partial charge is 0.479 e.